The van der Waals surface area contributed by atoms with Crippen LogP contribution >= 0.6 is 11.3 Å². The Hall–Kier alpha value is -3.32. The highest BCUT2D eigenvalue weighted by Gasteiger charge is 2.15. The highest BCUT2D eigenvalue weighted by atomic mass is 32.1. The Morgan fingerprint density at radius 1 is 1.06 bits per heavy atom. The van der Waals surface area contributed by atoms with Crippen molar-refractivity contribution in [3.05, 3.63) is 75.0 Å². The van der Waals surface area contributed by atoms with E-state index in [9.17, 15) is 9.59 Å². The van der Waals surface area contributed by atoms with Gasteiger partial charge < -0.3 is 5.32 Å². The van der Waals surface area contributed by atoms with Crippen LogP contribution in [-0.4, -0.2) is 20.7 Å². The molecule has 0 spiro atoms. The van der Waals surface area contributed by atoms with Crippen molar-refractivity contribution in [3.8, 4) is 11.3 Å². The molecule has 0 atom stereocenters. The molecule has 2 heterocycles. The van der Waals surface area contributed by atoms with Gasteiger partial charge in [0, 0.05) is 15.8 Å². The van der Waals surface area contributed by atoms with Gasteiger partial charge >= 0.3 is 0 Å². The number of amides is 1. The topological polar surface area (TPSA) is 76.9 Å². The van der Waals surface area contributed by atoms with E-state index in [0.29, 0.717) is 16.2 Å². The Morgan fingerprint density at radius 2 is 1.77 bits per heavy atom. The van der Waals surface area contributed by atoms with E-state index in [-0.39, 0.29) is 18.0 Å². The predicted octanol–water partition coefficient (Wildman–Crippen LogP) is 4.73. The summed E-state index contributed by atoms with van der Waals surface area (Å²) in [7, 11) is 0. The standard InChI is InChI=1S/C24H24N4O2S/c1-4-7-17-10-12-18(13-11-17)22-16(3)31-24(26-22)25-21(29)14-28-23(30)20-9-6-5-8-19(20)15(2)27-28/h5-6,8-13H,4,7,14H2,1-3H3,(H,25,26,29). The van der Waals surface area contributed by atoms with Crippen LogP contribution in [0, 0.1) is 13.8 Å². The number of thiazole rings is 1. The van der Waals surface area contributed by atoms with Gasteiger partial charge in [0.05, 0.1) is 16.8 Å². The van der Waals surface area contributed by atoms with Crippen LogP contribution in [0.3, 0.4) is 0 Å². The van der Waals surface area contributed by atoms with Gasteiger partial charge in [-0.25, -0.2) is 9.67 Å². The lowest BCUT2D eigenvalue weighted by Gasteiger charge is -2.08. The minimum absolute atomic E-state index is 0.163. The van der Waals surface area contributed by atoms with Gasteiger partial charge in [0.2, 0.25) is 5.91 Å². The summed E-state index contributed by atoms with van der Waals surface area (Å²) in [6.45, 7) is 5.82. The molecular formula is C24H24N4O2S. The third kappa shape index (κ3) is 4.41. The first-order valence-electron chi connectivity index (χ1n) is 10.3. The fourth-order valence-corrected chi connectivity index (χ4v) is 4.49. The molecule has 0 aliphatic carbocycles. The van der Waals surface area contributed by atoms with Gasteiger partial charge in [0.15, 0.2) is 5.13 Å². The van der Waals surface area contributed by atoms with Crippen molar-refractivity contribution in [2.75, 3.05) is 5.32 Å². The molecule has 4 rings (SSSR count). The summed E-state index contributed by atoms with van der Waals surface area (Å²) in [5.74, 6) is -0.331. The Labute approximate surface area is 184 Å². The Balaban J connectivity index is 1.52. The van der Waals surface area contributed by atoms with Gasteiger partial charge in [-0.1, -0.05) is 55.8 Å². The number of fused-ring (bicyclic) bond motifs is 1. The summed E-state index contributed by atoms with van der Waals surface area (Å²) in [5, 5.41) is 8.99. The molecule has 7 heteroatoms. The monoisotopic (exact) mass is 432 g/mol. The minimum Gasteiger partial charge on any atom is -0.300 e. The van der Waals surface area contributed by atoms with Crippen molar-refractivity contribution < 1.29 is 4.79 Å². The molecule has 1 amide bonds. The van der Waals surface area contributed by atoms with Crippen molar-refractivity contribution >= 4 is 33.1 Å². The number of aromatic nitrogens is 3. The average molecular weight is 433 g/mol. The van der Waals surface area contributed by atoms with Gasteiger partial charge in [-0.2, -0.15) is 5.10 Å². The predicted molar refractivity (Wildman–Crippen MR) is 126 cm³/mol. The quantitative estimate of drug-likeness (QED) is 0.478. The number of anilines is 1. The van der Waals surface area contributed by atoms with Crippen LogP contribution in [0.1, 0.15) is 29.5 Å². The van der Waals surface area contributed by atoms with Gasteiger partial charge in [0.1, 0.15) is 6.54 Å². The van der Waals surface area contributed by atoms with Crippen LogP contribution in [0.25, 0.3) is 22.0 Å². The summed E-state index contributed by atoms with van der Waals surface area (Å²) in [6, 6.07) is 15.7. The van der Waals surface area contributed by atoms with Crippen LogP contribution in [0.2, 0.25) is 0 Å². The maximum Gasteiger partial charge on any atom is 0.275 e. The van der Waals surface area contributed by atoms with Gasteiger partial charge in [-0.05, 0) is 31.9 Å². The van der Waals surface area contributed by atoms with E-state index in [0.717, 1.165) is 34.4 Å². The van der Waals surface area contributed by atoms with Crippen LogP contribution < -0.4 is 10.9 Å². The van der Waals surface area contributed by atoms with Gasteiger partial charge in [-0.15, -0.1) is 11.3 Å². The molecule has 0 saturated carbocycles. The van der Waals surface area contributed by atoms with E-state index in [1.165, 1.54) is 21.6 Å². The first-order valence-corrected chi connectivity index (χ1v) is 11.1. The lowest BCUT2D eigenvalue weighted by atomic mass is 10.1. The molecule has 2 aromatic carbocycles. The highest BCUT2D eigenvalue weighted by molar-refractivity contribution is 7.16. The first kappa shape index (κ1) is 20.9. The molecular weight excluding hydrogens is 408 g/mol. The number of nitrogens with one attached hydrogen (secondary N) is 1. The number of benzene rings is 2. The van der Waals surface area contributed by atoms with Gasteiger partial charge in [0.25, 0.3) is 5.56 Å². The maximum absolute atomic E-state index is 12.7. The highest BCUT2D eigenvalue weighted by Crippen LogP contribution is 2.30. The molecule has 0 aliphatic rings. The van der Waals surface area contributed by atoms with E-state index in [4.69, 9.17) is 0 Å². The van der Waals surface area contributed by atoms with Gasteiger partial charge in [-0.3, -0.25) is 9.59 Å². The number of carbonyl (C=O) groups excluding carboxylic acids is 1. The fourth-order valence-electron chi connectivity index (χ4n) is 3.64. The van der Waals surface area contributed by atoms with Crippen molar-refractivity contribution in [1.29, 1.82) is 0 Å². The molecule has 0 fully saturated rings. The van der Waals surface area contributed by atoms with E-state index >= 15 is 0 Å². The number of hydrogen-bond acceptors (Lipinski definition) is 5. The van der Waals surface area contributed by atoms with E-state index in [2.05, 4.69) is 46.6 Å². The molecule has 158 valence electrons. The van der Waals surface area contributed by atoms with Crippen molar-refractivity contribution in [1.82, 2.24) is 14.8 Å². The minimum atomic E-state index is -0.331. The maximum atomic E-state index is 12.7. The summed E-state index contributed by atoms with van der Waals surface area (Å²) in [4.78, 5) is 30.9. The molecule has 4 aromatic rings. The second kappa shape index (κ2) is 8.81. The number of hydrogen-bond donors (Lipinski definition) is 1. The van der Waals surface area contributed by atoms with Crippen molar-refractivity contribution in [2.24, 2.45) is 0 Å². The molecule has 0 radical (unpaired) electrons. The number of aryl methyl sites for hydroxylation is 3. The van der Waals surface area contributed by atoms with Crippen LogP contribution in [0.4, 0.5) is 5.13 Å². The Kier molecular flexibility index (Phi) is 5.95. The number of carbonyl (C=O) groups is 1. The Morgan fingerprint density at radius 3 is 2.48 bits per heavy atom. The molecule has 0 bridgehead atoms. The Bertz CT molecular complexity index is 1310. The van der Waals surface area contributed by atoms with Crippen LogP contribution in [-0.2, 0) is 17.8 Å². The first-order chi connectivity index (χ1) is 15.0. The molecule has 0 saturated heterocycles. The van der Waals surface area contributed by atoms with Crippen molar-refractivity contribution in [2.45, 2.75) is 40.2 Å². The molecule has 0 unspecified atom stereocenters. The van der Waals surface area contributed by atoms with Crippen LogP contribution in [0.15, 0.2) is 53.3 Å². The summed E-state index contributed by atoms with van der Waals surface area (Å²) in [6.07, 6.45) is 2.17. The van der Waals surface area contributed by atoms with E-state index in [1.807, 2.05) is 32.0 Å². The third-order valence-electron chi connectivity index (χ3n) is 5.15. The van der Waals surface area contributed by atoms with Crippen LogP contribution in [0.5, 0.6) is 0 Å². The molecule has 6 nitrogen and oxygen atoms in total. The third-order valence-corrected chi connectivity index (χ3v) is 6.04. The lowest BCUT2D eigenvalue weighted by Crippen LogP contribution is -2.30. The zero-order valence-corrected chi connectivity index (χ0v) is 18.6. The normalized spacial score (nSPS) is 11.1. The second-order valence-electron chi connectivity index (χ2n) is 7.51. The number of nitrogens with zero attached hydrogens (tertiary/aromatic N) is 3. The molecule has 2 aromatic heterocycles. The molecule has 1 N–H and O–H groups in total. The fraction of sp³-hybridized carbons (Fsp3) is 0.250. The zero-order valence-electron chi connectivity index (χ0n) is 17.8. The molecule has 0 aliphatic heterocycles. The number of rotatable bonds is 6. The zero-order chi connectivity index (χ0) is 22.0. The second-order valence-corrected chi connectivity index (χ2v) is 8.72. The average Bonchev–Trinajstić information content (AvgIpc) is 3.12. The smallest absolute Gasteiger partial charge is 0.275 e. The van der Waals surface area contributed by atoms with Crippen molar-refractivity contribution in [3.63, 3.8) is 0 Å². The van der Waals surface area contributed by atoms with E-state index in [1.54, 1.807) is 6.07 Å². The molecule has 31 heavy (non-hydrogen) atoms. The van der Waals surface area contributed by atoms with E-state index < -0.39 is 0 Å². The summed E-state index contributed by atoms with van der Waals surface area (Å²) >= 11 is 1.42. The summed E-state index contributed by atoms with van der Waals surface area (Å²) < 4.78 is 1.21. The largest absolute Gasteiger partial charge is 0.300 e. The lowest BCUT2D eigenvalue weighted by molar-refractivity contribution is -0.117. The SMILES string of the molecule is CCCc1ccc(-c2nc(NC(=O)Cn3nc(C)c4ccccc4c3=O)sc2C)cc1. The summed E-state index contributed by atoms with van der Waals surface area (Å²) in [5.41, 5.74) is 3.62.